The fourth-order valence-electron chi connectivity index (χ4n) is 2.35. The molecule has 2 heteroatoms. The molecule has 1 aromatic carbocycles. The Kier molecular flexibility index (Phi) is 3.31. The summed E-state index contributed by atoms with van der Waals surface area (Å²) in [7, 11) is 0. The van der Waals surface area contributed by atoms with Gasteiger partial charge in [-0.15, -0.1) is 0 Å². The minimum absolute atomic E-state index is 0.396. The van der Waals surface area contributed by atoms with Crippen molar-refractivity contribution in [3.63, 3.8) is 0 Å². The van der Waals surface area contributed by atoms with Crippen LogP contribution in [0.25, 0.3) is 0 Å². The van der Waals surface area contributed by atoms with E-state index in [4.69, 9.17) is 4.74 Å². The SMILES string of the molecule is CCc1cccc(C(O)C2(C)CCCO2)c1. The molecular weight excluding hydrogens is 200 g/mol. The molecule has 0 bridgehead atoms. The van der Waals surface area contributed by atoms with Crippen molar-refractivity contribution < 1.29 is 9.84 Å². The second-order valence-electron chi connectivity index (χ2n) is 4.77. The molecule has 0 aromatic heterocycles. The predicted molar refractivity (Wildman–Crippen MR) is 64.4 cm³/mol. The van der Waals surface area contributed by atoms with Crippen LogP contribution in [0.4, 0.5) is 0 Å². The number of benzene rings is 1. The topological polar surface area (TPSA) is 29.5 Å². The molecule has 1 heterocycles. The molecule has 1 aromatic rings. The summed E-state index contributed by atoms with van der Waals surface area (Å²) in [5.74, 6) is 0. The van der Waals surface area contributed by atoms with Crippen molar-refractivity contribution in [2.24, 2.45) is 0 Å². The molecular formula is C14H20O2. The van der Waals surface area contributed by atoms with Crippen LogP contribution in [-0.4, -0.2) is 17.3 Å². The molecule has 0 amide bonds. The Morgan fingerprint density at radius 3 is 2.94 bits per heavy atom. The van der Waals surface area contributed by atoms with Crippen molar-refractivity contribution in [2.45, 2.75) is 44.8 Å². The molecule has 1 aliphatic rings. The Balaban J connectivity index is 2.22. The number of ether oxygens (including phenoxy) is 1. The number of aliphatic hydroxyl groups is 1. The van der Waals surface area contributed by atoms with Crippen molar-refractivity contribution in [1.82, 2.24) is 0 Å². The fourth-order valence-corrected chi connectivity index (χ4v) is 2.35. The first-order valence-electron chi connectivity index (χ1n) is 6.06. The van der Waals surface area contributed by atoms with E-state index in [9.17, 15) is 5.11 Å². The largest absolute Gasteiger partial charge is 0.385 e. The van der Waals surface area contributed by atoms with E-state index >= 15 is 0 Å². The Hall–Kier alpha value is -0.860. The highest BCUT2D eigenvalue weighted by Gasteiger charge is 2.38. The average Bonchev–Trinajstić information content (AvgIpc) is 2.76. The van der Waals surface area contributed by atoms with Gasteiger partial charge in [0.05, 0.1) is 5.60 Å². The van der Waals surface area contributed by atoms with Crippen LogP contribution in [0, 0.1) is 0 Å². The lowest BCUT2D eigenvalue weighted by atomic mass is 9.89. The molecule has 2 rings (SSSR count). The lowest BCUT2D eigenvalue weighted by molar-refractivity contribution is -0.0796. The first-order valence-corrected chi connectivity index (χ1v) is 6.06. The van der Waals surface area contributed by atoms with Gasteiger partial charge in [0, 0.05) is 6.61 Å². The van der Waals surface area contributed by atoms with E-state index in [0.717, 1.165) is 31.4 Å². The molecule has 2 nitrogen and oxygen atoms in total. The van der Waals surface area contributed by atoms with Crippen LogP contribution >= 0.6 is 0 Å². The zero-order chi connectivity index (χ0) is 11.6. The summed E-state index contributed by atoms with van der Waals surface area (Å²) >= 11 is 0. The van der Waals surface area contributed by atoms with Crippen LogP contribution in [0.15, 0.2) is 24.3 Å². The molecule has 88 valence electrons. The minimum Gasteiger partial charge on any atom is -0.385 e. The normalized spacial score (nSPS) is 26.9. The number of rotatable bonds is 3. The summed E-state index contributed by atoms with van der Waals surface area (Å²) in [6.45, 7) is 4.89. The number of aliphatic hydroxyl groups excluding tert-OH is 1. The molecule has 2 unspecified atom stereocenters. The van der Waals surface area contributed by atoms with Gasteiger partial charge < -0.3 is 9.84 Å². The Labute approximate surface area is 97.3 Å². The Bertz CT molecular complexity index is 354. The van der Waals surface area contributed by atoms with Gasteiger partial charge in [-0.25, -0.2) is 0 Å². The zero-order valence-electron chi connectivity index (χ0n) is 10.1. The summed E-state index contributed by atoms with van der Waals surface area (Å²) in [5.41, 5.74) is 1.84. The van der Waals surface area contributed by atoms with Gasteiger partial charge in [0.25, 0.3) is 0 Å². The van der Waals surface area contributed by atoms with Gasteiger partial charge in [0.1, 0.15) is 6.10 Å². The van der Waals surface area contributed by atoms with Crippen molar-refractivity contribution in [3.05, 3.63) is 35.4 Å². The second-order valence-corrected chi connectivity index (χ2v) is 4.77. The van der Waals surface area contributed by atoms with E-state index in [1.54, 1.807) is 0 Å². The molecule has 0 aliphatic carbocycles. The van der Waals surface area contributed by atoms with Crippen molar-refractivity contribution in [1.29, 1.82) is 0 Å². The summed E-state index contributed by atoms with van der Waals surface area (Å²) in [6, 6.07) is 8.16. The summed E-state index contributed by atoms with van der Waals surface area (Å²) in [5, 5.41) is 10.4. The molecule has 16 heavy (non-hydrogen) atoms. The molecule has 1 aliphatic heterocycles. The van der Waals surface area contributed by atoms with Crippen LogP contribution in [0.3, 0.4) is 0 Å². The third kappa shape index (κ3) is 2.13. The second kappa shape index (κ2) is 4.56. The van der Waals surface area contributed by atoms with Crippen LogP contribution in [0.1, 0.15) is 43.9 Å². The van der Waals surface area contributed by atoms with E-state index < -0.39 is 11.7 Å². The van der Waals surface area contributed by atoms with Crippen molar-refractivity contribution >= 4 is 0 Å². The molecule has 2 atom stereocenters. The van der Waals surface area contributed by atoms with Gasteiger partial charge in [0.15, 0.2) is 0 Å². The predicted octanol–water partition coefficient (Wildman–Crippen LogP) is 2.85. The van der Waals surface area contributed by atoms with Gasteiger partial charge in [-0.1, -0.05) is 31.2 Å². The van der Waals surface area contributed by atoms with E-state index in [1.807, 2.05) is 19.1 Å². The standard InChI is InChI=1S/C14H20O2/c1-3-11-6-4-7-12(10-11)13(15)14(2)8-5-9-16-14/h4,6-7,10,13,15H,3,5,8-9H2,1-2H3. The summed E-state index contributed by atoms with van der Waals surface area (Å²) < 4.78 is 5.68. The first kappa shape index (κ1) is 11.6. The van der Waals surface area contributed by atoms with Gasteiger partial charge in [-0.3, -0.25) is 0 Å². The lowest BCUT2D eigenvalue weighted by Crippen LogP contribution is -2.31. The summed E-state index contributed by atoms with van der Waals surface area (Å²) in [6.07, 6.45) is 2.46. The van der Waals surface area contributed by atoms with Crippen molar-refractivity contribution in [2.75, 3.05) is 6.61 Å². The monoisotopic (exact) mass is 220 g/mol. The molecule has 1 fully saturated rings. The average molecular weight is 220 g/mol. The maximum Gasteiger partial charge on any atom is 0.108 e. The first-order chi connectivity index (χ1) is 7.65. The number of hydrogen-bond donors (Lipinski definition) is 1. The minimum atomic E-state index is -0.513. The molecule has 1 N–H and O–H groups in total. The van der Waals surface area contributed by atoms with Crippen LogP contribution in [-0.2, 0) is 11.2 Å². The molecule has 0 spiro atoms. The van der Waals surface area contributed by atoms with E-state index in [-0.39, 0.29) is 0 Å². The number of aryl methyl sites for hydroxylation is 1. The fraction of sp³-hybridized carbons (Fsp3) is 0.571. The third-order valence-corrected chi connectivity index (χ3v) is 3.50. The quantitative estimate of drug-likeness (QED) is 0.848. The van der Waals surface area contributed by atoms with E-state index in [2.05, 4.69) is 19.1 Å². The Morgan fingerprint density at radius 2 is 2.31 bits per heavy atom. The number of hydrogen-bond acceptors (Lipinski definition) is 2. The van der Waals surface area contributed by atoms with Gasteiger partial charge in [-0.2, -0.15) is 0 Å². The third-order valence-electron chi connectivity index (χ3n) is 3.50. The van der Waals surface area contributed by atoms with Crippen LogP contribution in [0.5, 0.6) is 0 Å². The van der Waals surface area contributed by atoms with E-state index in [1.165, 1.54) is 5.56 Å². The molecule has 1 saturated heterocycles. The van der Waals surface area contributed by atoms with Crippen molar-refractivity contribution in [3.8, 4) is 0 Å². The highest BCUT2D eigenvalue weighted by molar-refractivity contribution is 5.27. The zero-order valence-corrected chi connectivity index (χ0v) is 10.1. The van der Waals surface area contributed by atoms with Gasteiger partial charge in [-0.05, 0) is 37.3 Å². The van der Waals surface area contributed by atoms with Gasteiger partial charge >= 0.3 is 0 Å². The van der Waals surface area contributed by atoms with Crippen LogP contribution < -0.4 is 0 Å². The molecule has 0 saturated carbocycles. The maximum absolute atomic E-state index is 10.4. The highest BCUT2D eigenvalue weighted by Crippen LogP contribution is 2.37. The van der Waals surface area contributed by atoms with Crippen LogP contribution in [0.2, 0.25) is 0 Å². The maximum atomic E-state index is 10.4. The lowest BCUT2D eigenvalue weighted by Gasteiger charge is -2.29. The molecule has 0 radical (unpaired) electrons. The van der Waals surface area contributed by atoms with Gasteiger partial charge in [0.2, 0.25) is 0 Å². The smallest absolute Gasteiger partial charge is 0.108 e. The highest BCUT2D eigenvalue weighted by atomic mass is 16.5. The summed E-state index contributed by atoms with van der Waals surface area (Å²) in [4.78, 5) is 0. The van der Waals surface area contributed by atoms with E-state index in [0.29, 0.717) is 0 Å². The Morgan fingerprint density at radius 1 is 1.50 bits per heavy atom.